The minimum atomic E-state index is -0.999. The van der Waals surface area contributed by atoms with Crippen LogP contribution in [0.2, 0.25) is 5.02 Å². The number of aliphatic hydroxyl groups excluding tert-OH is 1. The molecule has 0 fully saturated rings. The normalized spacial score (nSPS) is 13.3. The van der Waals surface area contributed by atoms with Crippen molar-refractivity contribution >= 4 is 11.6 Å². The Balaban J connectivity index is 3.25. The van der Waals surface area contributed by atoms with Gasteiger partial charge in [-0.3, -0.25) is 0 Å². The van der Waals surface area contributed by atoms with Crippen LogP contribution in [-0.4, -0.2) is 11.7 Å². The second-order valence-electron chi connectivity index (χ2n) is 3.81. The van der Waals surface area contributed by atoms with Gasteiger partial charge in [-0.1, -0.05) is 25.4 Å². The lowest BCUT2D eigenvalue weighted by molar-refractivity contribution is 0.181. The first-order chi connectivity index (χ1) is 6.97. The van der Waals surface area contributed by atoms with Crippen LogP contribution in [0, 0.1) is 5.82 Å². The Morgan fingerprint density at radius 3 is 2.53 bits per heavy atom. The Hall–Kier alpha value is -0.640. The maximum absolute atomic E-state index is 13.5. The van der Waals surface area contributed by atoms with Gasteiger partial charge < -0.3 is 10.8 Å². The zero-order valence-corrected chi connectivity index (χ0v) is 9.55. The van der Waals surface area contributed by atoms with Gasteiger partial charge in [-0.15, -0.1) is 0 Å². The molecule has 0 saturated carbocycles. The van der Waals surface area contributed by atoms with Crippen molar-refractivity contribution in [3.63, 3.8) is 0 Å². The first-order valence-corrected chi connectivity index (χ1v) is 5.22. The lowest BCUT2D eigenvalue weighted by Gasteiger charge is -2.14. The molecule has 15 heavy (non-hydrogen) atoms. The van der Waals surface area contributed by atoms with Crippen molar-refractivity contribution in [2.24, 2.45) is 5.73 Å². The summed E-state index contributed by atoms with van der Waals surface area (Å²) in [7, 11) is 0. The van der Waals surface area contributed by atoms with Gasteiger partial charge >= 0.3 is 0 Å². The van der Waals surface area contributed by atoms with E-state index in [2.05, 4.69) is 0 Å². The van der Waals surface area contributed by atoms with Gasteiger partial charge in [0.2, 0.25) is 0 Å². The summed E-state index contributed by atoms with van der Waals surface area (Å²) in [4.78, 5) is 0. The van der Waals surface area contributed by atoms with Crippen LogP contribution >= 0.6 is 11.6 Å². The molecule has 1 rings (SSSR count). The summed E-state index contributed by atoms with van der Waals surface area (Å²) in [6.07, 6.45) is -0.999. The van der Waals surface area contributed by atoms with E-state index in [1.165, 1.54) is 0 Å². The number of aliphatic hydroxyl groups is 1. The Morgan fingerprint density at radius 2 is 2.07 bits per heavy atom. The smallest absolute Gasteiger partial charge is 0.147 e. The molecule has 1 aromatic rings. The van der Waals surface area contributed by atoms with E-state index in [1.807, 2.05) is 13.8 Å². The molecule has 0 aromatic heterocycles. The van der Waals surface area contributed by atoms with E-state index in [0.717, 1.165) is 5.56 Å². The summed E-state index contributed by atoms with van der Waals surface area (Å²) < 4.78 is 13.5. The molecule has 2 nitrogen and oxygen atoms in total. The largest absolute Gasteiger partial charge is 0.387 e. The summed E-state index contributed by atoms with van der Waals surface area (Å²) in [5.74, 6) is -0.356. The second-order valence-corrected chi connectivity index (χ2v) is 4.22. The summed E-state index contributed by atoms with van der Waals surface area (Å²) in [5, 5.41) is 9.55. The van der Waals surface area contributed by atoms with Gasteiger partial charge in [0.05, 0.1) is 11.1 Å². The molecular formula is C11H15ClFNO. The molecule has 0 radical (unpaired) electrons. The van der Waals surface area contributed by atoms with Crippen LogP contribution in [0.5, 0.6) is 0 Å². The molecule has 0 heterocycles. The molecule has 0 aliphatic rings. The van der Waals surface area contributed by atoms with Crippen LogP contribution in [0.15, 0.2) is 12.1 Å². The van der Waals surface area contributed by atoms with Gasteiger partial charge in [0.1, 0.15) is 5.82 Å². The molecule has 4 heteroatoms. The van der Waals surface area contributed by atoms with Crippen LogP contribution < -0.4 is 5.73 Å². The highest BCUT2D eigenvalue weighted by atomic mass is 35.5. The molecule has 0 aliphatic heterocycles. The lowest BCUT2D eigenvalue weighted by Crippen LogP contribution is -2.13. The molecular weight excluding hydrogens is 217 g/mol. The molecule has 84 valence electrons. The predicted molar refractivity (Wildman–Crippen MR) is 59.5 cm³/mol. The van der Waals surface area contributed by atoms with Crippen molar-refractivity contribution in [1.29, 1.82) is 0 Å². The van der Waals surface area contributed by atoms with Gasteiger partial charge in [0, 0.05) is 12.1 Å². The summed E-state index contributed by atoms with van der Waals surface area (Å²) in [6, 6.07) is 3.19. The third-order valence-electron chi connectivity index (χ3n) is 2.33. The fourth-order valence-corrected chi connectivity index (χ4v) is 1.57. The zero-order valence-electron chi connectivity index (χ0n) is 8.80. The molecule has 1 atom stereocenters. The average molecular weight is 232 g/mol. The zero-order chi connectivity index (χ0) is 11.6. The number of nitrogens with two attached hydrogens (primary N) is 1. The van der Waals surface area contributed by atoms with Crippen molar-refractivity contribution in [1.82, 2.24) is 0 Å². The quantitative estimate of drug-likeness (QED) is 0.840. The van der Waals surface area contributed by atoms with E-state index in [9.17, 15) is 9.50 Å². The minimum absolute atomic E-state index is 0.0191. The second kappa shape index (κ2) is 4.92. The third-order valence-corrected chi connectivity index (χ3v) is 2.60. The molecule has 0 aliphatic carbocycles. The maximum Gasteiger partial charge on any atom is 0.147 e. The highest BCUT2D eigenvalue weighted by Crippen LogP contribution is 2.28. The highest BCUT2D eigenvalue weighted by molar-refractivity contribution is 6.30. The molecule has 0 spiro atoms. The van der Waals surface area contributed by atoms with Crippen LogP contribution in [0.3, 0.4) is 0 Å². The standard InChI is InChI=1S/C11H15ClFNO/c1-6(2)7-3-8(10(15)5-14)11(13)9(12)4-7/h3-4,6,10,15H,5,14H2,1-2H3. The van der Waals surface area contributed by atoms with E-state index in [0.29, 0.717) is 0 Å². The average Bonchev–Trinajstić information content (AvgIpc) is 2.20. The van der Waals surface area contributed by atoms with Crippen molar-refractivity contribution in [3.8, 4) is 0 Å². The van der Waals surface area contributed by atoms with Gasteiger partial charge in [0.15, 0.2) is 0 Å². The van der Waals surface area contributed by atoms with Crippen molar-refractivity contribution in [3.05, 3.63) is 34.1 Å². The summed E-state index contributed by atoms with van der Waals surface area (Å²) in [5.41, 5.74) is 6.36. The number of benzene rings is 1. The van der Waals surface area contributed by atoms with Crippen LogP contribution in [0.1, 0.15) is 37.0 Å². The van der Waals surface area contributed by atoms with E-state index in [1.54, 1.807) is 12.1 Å². The van der Waals surface area contributed by atoms with E-state index in [4.69, 9.17) is 17.3 Å². The van der Waals surface area contributed by atoms with Gasteiger partial charge in [0.25, 0.3) is 0 Å². The molecule has 1 unspecified atom stereocenters. The fraction of sp³-hybridized carbons (Fsp3) is 0.455. The topological polar surface area (TPSA) is 46.2 Å². The number of halogens is 2. The van der Waals surface area contributed by atoms with Gasteiger partial charge in [-0.2, -0.15) is 0 Å². The van der Waals surface area contributed by atoms with Crippen molar-refractivity contribution in [2.45, 2.75) is 25.9 Å². The van der Waals surface area contributed by atoms with Gasteiger partial charge in [-0.25, -0.2) is 4.39 Å². The molecule has 0 bridgehead atoms. The monoisotopic (exact) mass is 231 g/mol. The van der Waals surface area contributed by atoms with E-state index in [-0.39, 0.29) is 23.0 Å². The number of hydrogen-bond acceptors (Lipinski definition) is 2. The van der Waals surface area contributed by atoms with Gasteiger partial charge in [-0.05, 0) is 23.6 Å². The summed E-state index contributed by atoms with van der Waals surface area (Å²) >= 11 is 5.74. The maximum atomic E-state index is 13.5. The Morgan fingerprint density at radius 1 is 1.47 bits per heavy atom. The van der Waals surface area contributed by atoms with Crippen LogP contribution in [-0.2, 0) is 0 Å². The molecule has 0 saturated heterocycles. The Labute approximate surface area is 93.9 Å². The predicted octanol–water partition coefficient (Wildman–Crippen LogP) is 2.59. The van der Waals surface area contributed by atoms with Crippen LogP contribution in [0.25, 0.3) is 0 Å². The van der Waals surface area contributed by atoms with E-state index >= 15 is 0 Å². The minimum Gasteiger partial charge on any atom is -0.387 e. The Bertz CT molecular complexity index is 355. The van der Waals surface area contributed by atoms with E-state index < -0.39 is 11.9 Å². The summed E-state index contributed by atoms with van der Waals surface area (Å²) in [6.45, 7) is 3.93. The highest BCUT2D eigenvalue weighted by Gasteiger charge is 2.16. The molecule has 0 amide bonds. The SMILES string of the molecule is CC(C)c1cc(Cl)c(F)c(C(O)CN)c1. The number of hydrogen-bond donors (Lipinski definition) is 2. The molecule has 1 aromatic carbocycles. The van der Waals surface area contributed by atoms with Crippen LogP contribution in [0.4, 0.5) is 4.39 Å². The first kappa shape index (κ1) is 12.4. The first-order valence-electron chi connectivity index (χ1n) is 4.84. The fourth-order valence-electron chi connectivity index (χ4n) is 1.33. The number of rotatable bonds is 3. The van der Waals surface area contributed by atoms with Crippen molar-refractivity contribution < 1.29 is 9.50 Å². The lowest BCUT2D eigenvalue weighted by atomic mass is 9.98. The third kappa shape index (κ3) is 2.68. The Kier molecular flexibility index (Phi) is 4.08. The van der Waals surface area contributed by atoms with Crippen molar-refractivity contribution in [2.75, 3.05) is 6.54 Å². The molecule has 3 N–H and O–H groups in total.